The van der Waals surface area contributed by atoms with Gasteiger partial charge in [-0.1, -0.05) is 19.3 Å². The minimum Gasteiger partial charge on any atom is -0.549 e. The average molecular weight is 1310 g/mol. The van der Waals surface area contributed by atoms with Gasteiger partial charge in [0.1, 0.15) is 12.1 Å². The summed E-state index contributed by atoms with van der Waals surface area (Å²) in [5.41, 5.74) is 6.04. The molecule has 3 aromatic rings. The Hall–Kier alpha value is -8.42. The molecule has 0 saturated carbocycles. The average Bonchev–Trinajstić information content (AvgIpc) is 1.79. The second-order valence-corrected chi connectivity index (χ2v) is 18.3. The maximum atomic E-state index is 12.2. The van der Waals surface area contributed by atoms with E-state index in [4.69, 9.17) is 42.3 Å². The number of nitrogens with two attached hydrogens (primary N) is 1. The molecule has 2 atom stereocenters. The van der Waals surface area contributed by atoms with Gasteiger partial charge in [0.05, 0.1) is 102 Å². The number of anilines is 2. The summed E-state index contributed by atoms with van der Waals surface area (Å²) in [5.74, 6) is 25.2. The molecule has 1 aromatic carbocycles. The topological polar surface area (TPSA) is 411 Å². The van der Waals surface area contributed by atoms with Crippen molar-refractivity contribution in [2.45, 2.75) is 40.0 Å². The van der Waals surface area contributed by atoms with Crippen LogP contribution in [0.2, 0.25) is 0 Å². The number of nitrogens with zero attached hydrogens (tertiary/aromatic N) is 7. The first kappa shape index (κ1) is 82.6. The molecule has 0 aliphatic carbocycles. The van der Waals surface area contributed by atoms with Gasteiger partial charge in [0.2, 0.25) is 16.8 Å². The minimum atomic E-state index is -1.51. The molecule has 2 heterocycles. The summed E-state index contributed by atoms with van der Waals surface area (Å²) in [7, 11) is 0. The molecule has 0 bridgehead atoms. The van der Waals surface area contributed by atoms with Gasteiger partial charge in [-0.15, -0.1) is 23.1 Å². The number of aryl methyl sites for hydroxylation is 1. The summed E-state index contributed by atoms with van der Waals surface area (Å²) in [6, 6.07) is 6.95. The maximum absolute atomic E-state index is 12.2. The van der Waals surface area contributed by atoms with Gasteiger partial charge in [0.25, 0.3) is 0 Å². The van der Waals surface area contributed by atoms with Gasteiger partial charge in [-0.2, -0.15) is 0 Å². The third kappa shape index (κ3) is 36.5. The number of nitrogens with one attached hydrogen (secondary N) is 2. The Kier molecular flexibility index (Phi) is 46.0. The van der Waals surface area contributed by atoms with Crippen LogP contribution in [-0.2, 0) is 42.9 Å². The van der Waals surface area contributed by atoms with E-state index < -0.39 is 84.5 Å². The quantitative estimate of drug-likeness (QED) is 0.0175. The zero-order valence-corrected chi connectivity index (χ0v) is 53.3. The van der Waals surface area contributed by atoms with Crippen molar-refractivity contribution in [3.05, 3.63) is 76.4 Å². The fraction of sp³-hybridized carbons (Fsp3) is 0.393. The number of rotatable bonds is 36. The summed E-state index contributed by atoms with van der Waals surface area (Å²) in [5, 5.41) is 77.8. The number of nitro groups is 4. The Morgan fingerprint density at radius 2 is 1.00 bits per heavy atom. The number of terminal acetylenes is 2. The fourth-order valence-corrected chi connectivity index (χ4v) is 7.58. The smallest absolute Gasteiger partial charge is 0.549 e. The van der Waals surface area contributed by atoms with Gasteiger partial charge >= 0.3 is 80.5 Å². The summed E-state index contributed by atoms with van der Waals surface area (Å²) in [6.45, 7) is 5.97. The van der Waals surface area contributed by atoms with Crippen molar-refractivity contribution in [3.63, 3.8) is 0 Å². The molecule has 0 radical (unpaired) electrons. The second kappa shape index (κ2) is 49.6. The summed E-state index contributed by atoms with van der Waals surface area (Å²) >= 11 is 1.13. The number of hydrogen-bond acceptors (Lipinski definition) is 25. The fourth-order valence-electron chi connectivity index (χ4n) is 6.11. The van der Waals surface area contributed by atoms with Gasteiger partial charge in [0.15, 0.2) is 5.00 Å². The molecule has 2 unspecified atom stereocenters. The van der Waals surface area contributed by atoms with E-state index in [1.54, 1.807) is 19.1 Å². The minimum absolute atomic E-state index is 0. The number of benzene rings is 1. The van der Waals surface area contributed by atoms with Crippen molar-refractivity contribution < 1.29 is 152 Å². The monoisotopic (exact) mass is 1310 g/mol. The molecule has 2 aromatic heterocycles. The van der Waals surface area contributed by atoms with Gasteiger partial charge < -0.3 is 64.8 Å². The van der Waals surface area contributed by atoms with Crippen molar-refractivity contribution in [1.82, 2.24) is 10.6 Å². The molecule has 33 heteroatoms. The number of amides is 2. The van der Waals surface area contributed by atoms with Crippen molar-refractivity contribution >= 4 is 89.2 Å². The zero-order valence-electron chi connectivity index (χ0n) is 47.7. The van der Waals surface area contributed by atoms with Crippen LogP contribution in [-0.4, -0.2) is 136 Å². The van der Waals surface area contributed by atoms with Gasteiger partial charge in [0, 0.05) is 77.9 Å². The molecule has 89 heavy (non-hydrogen) atoms. The second-order valence-electron chi connectivity index (χ2n) is 16.2. The number of aliphatic carboxylic acids is 2. The molecule has 0 aliphatic heterocycles. The van der Waals surface area contributed by atoms with Crippen molar-refractivity contribution in [1.29, 1.82) is 0 Å². The molecular weight excluding hydrogens is 1230 g/mol. The van der Waals surface area contributed by atoms with Crippen molar-refractivity contribution in [3.8, 4) is 95.7 Å². The number of thiophene rings is 2. The zero-order chi connectivity index (χ0) is 63.5. The van der Waals surface area contributed by atoms with Crippen LogP contribution in [0, 0.1) is 155 Å². The number of carbonyl (C=O) groups excluding carboxylic acids is 4. The standard InChI is InChI=1S/C51H51N7O15S.C4H3N3O4S.CH4.2Na.14H2/c1-4-6-8-10-12-14-18-41(50(61)62)37-46(59)52-22-16-26-69-30-32-71-28-24-56(43-20-21-44(40(3)36-43)54-55-49-45(57(65)66)39-48(74-49)58(67)68)25-29-72-33-35-73-34-31-70-27-17-23-53-47(60)38-42(51(63)64)19-15-13-11-9-7-5-2;5-4-2(6(8)9)1-3(12-4)7(10)11;;;;;;;;;;;;;;;;;/h1-2,20-21,36,39,41-42H,16-17,22-35,37-38H2,3H3,(H,52,59)(H,53,60)(H,61,62)(H,63,64);1H,5H2;1H4;;;14*1H/q;;;2*+1;;;;;;;;;;;;;;/p-2. The van der Waals surface area contributed by atoms with Crippen LogP contribution in [0.25, 0.3) is 0 Å². The number of azo groups is 1. The molecule has 29 nitrogen and oxygen atoms in total. The molecule has 486 valence electrons. The van der Waals surface area contributed by atoms with Gasteiger partial charge in [-0.25, -0.2) is 0 Å². The maximum Gasteiger partial charge on any atom is 1.00 e. The largest absolute Gasteiger partial charge is 1.00 e. The predicted octanol–water partition coefficient (Wildman–Crippen LogP) is 0.224. The number of carboxylic acids is 2. The Bertz CT molecular complexity index is 3460. The Morgan fingerprint density at radius 3 is 1.39 bits per heavy atom. The van der Waals surface area contributed by atoms with E-state index >= 15 is 0 Å². The van der Waals surface area contributed by atoms with E-state index in [-0.39, 0.29) is 154 Å². The first-order valence-corrected chi connectivity index (χ1v) is 26.6. The molecule has 3 rings (SSSR count). The summed E-state index contributed by atoms with van der Waals surface area (Å²) in [6.07, 6.45) is 10.0. The number of hydrogen-bond donors (Lipinski definition) is 3. The summed E-state index contributed by atoms with van der Waals surface area (Å²) in [4.78, 5) is 89.0. The number of ether oxygens (including phenoxy) is 5. The van der Waals surface area contributed by atoms with E-state index in [0.29, 0.717) is 86.3 Å². The van der Waals surface area contributed by atoms with E-state index in [9.17, 15) is 69.8 Å². The van der Waals surface area contributed by atoms with Crippen molar-refractivity contribution in [2.24, 2.45) is 22.1 Å². The molecule has 0 saturated heterocycles. The van der Waals surface area contributed by atoms with E-state index in [1.165, 1.54) is 0 Å². The molecule has 0 fully saturated rings. The third-order valence-corrected chi connectivity index (χ3v) is 12.0. The summed E-state index contributed by atoms with van der Waals surface area (Å²) < 4.78 is 28.4. The first-order chi connectivity index (χ1) is 41.3. The Labute approximate surface area is 585 Å². The van der Waals surface area contributed by atoms with Crippen LogP contribution < -0.4 is 90.6 Å². The molecule has 0 spiro atoms. The Morgan fingerprint density at radius 1 is 0.596 bits per heavy atom. The first-order valence-electron chi connectivity index (χ1n) is 24.9. The molecular formula is C56H84N10Na2O19S2. The van der Waals surface area contributed by atoms with Crippen LogP contribution in [0.4, 0.5) is 42.8 Å². The van der Waals surface area contributed by atoms with Gasteiger partial charge in [-0.3, -0.25) is 50.0 Å². The van der Waals surface area contributed by atoms with Gasteiger partial charge in [-0.05, 0) is 137 Å². The van der Waals surface area contributed by atoms with Crippen LogP contribution in [0.5, 0.6) is 0 Å². The molecule has 2 amide bonds. The van der Waals surface area contributed by atoms with E-state index in [1.807, 2.05) is 11.0 Å². The van der Waals surface area contributed by atoms with Crippen LogP contribution in [0.1, 0.15) is 58.6 Å². The van der Waals surface area contributed by atoms with Crippen LogP contribution >= 0.6 is 22.7 Å². The number of carbonyl (C=O) groups is 4. The van der Waals surface area contributed by atoms with E-state index in [2.05, 4.69) is 104 Å². The Balaban J connectivity index is -0.000000169. The molecule has 0 aliphatic rings. The number of carboxylic acid groups (broad SMARTS) is 2. The van der Waals surface area contributed by atoms with E-state index in [0.717, 1.165) is 17.8 Å². The third-order valence-electron chi connectivity index (χ3n) is 10.1. The SMILES string of the molecule is C.C#CC#CC#CC#CC(CC(=O)NCCCOCCOCCOCCN(CCOCCOCCCNC(=O)CC(C#CC#CC#CC#C)C(=O)[O-])c1ccc(N=Nc2sc([N+](=O)[O-])cc2[N+](=O)[O-])c(C)c1)C(=O)[O-].Nc1sc([N+](=O)[O-])cc1[N+](=O)[O-].[HH].[HH].[HH].[HH].[HH].[HH].[HH].[HH].[HH].[HH].[HH].[HH].[HH].[HH].[Na+].[Na+]. The predicted molar refractivity (Wildman–Crippen MR) is 343 cm³/mol. The van der Waals surface area contributed by atoms with Crippen LogP contribution in [0.15, 0.2) is 40.6 Å². The normalized spacial score (nSPS) is 10.1. The molecule has 4 N–H and O–H groups in total. The van der Waals surface area contributed by atoms with Crippen molar-refractivity contribution in [2.75, 3.05) is 103 Å². The number of nitrogen functional groups attached to an aromatic ring is 1. The van der Waals surface area contributed by atoms with Crippen LogP contribution in [0.3, 0.4) is 0 Å².